The van der Waals surface area contributed by atoms with E-state index in [1.54, 1.807) is 21.3 Å². The van der Waals surface area contributed by atoms with E-state index in [4.69, 9.17) is 17.4 Å². The maximum atomic E-state index is 6.15. The highest BCUT2D eigenvalue weighted by Gasteiger charge is 2.53. The third-order valence-electron chi connectivity index (χ3n) is 2.89. The highest BCUT2D eigenvalue weighted by Crippen LogP contribution is 2.33. The zero-order valence-corrected chi connectivity index (χ0v) is 14.7. The molecule has 0 amide bonds. The monoisotopic (exact) mass is 281 g/mol. The van der Waals surface area contributed by atoms with Gasteiger partial charge in [-0.25, -0.2) is 0 Å². The van der Waals surface area contributed by atoms with Crippen LogP contribution in [-0.4, -0.2) is 47.5 Å². The molecule has 7 heteroatoms. The Bertz CT molecular complexity index is 199. The summed E-state index contributed by atoms with van der Waals surface area (Å²) in [5.74, 6) is 0. The number of hydrogen-bond donors (Lipinski definition) is 0. The van der Waals surface area contributed by atoms with Crippen LogP contribution in [0.15, 0.2) is 0 Å². The van der Waals surface area contributed by atoms with Gasteiger partial charge in [-0.1, -0.05) is 6.92 Å². The molecule has 4 nitrogen and oxygen atoms in total. The number of hydrogen-bond acceptors (Lipinski definition) is 4. The second-order valence-corrected chi connectivity index (χ2v) is 15.1. The molecule has 0 bridgehead atoms. The lowest BCUT2D eigenvalue weighted by Gasteiger charge is -2.39. The molecule has 0 saturated heterocycles. The first-order valence-electron chi connectivity index (χ1n) is 5.40. The average molecular weight is 282 g/mol. The van der Waals surface area contributed by atoms with Crippen LogP contribution in [0.5, 0.6) is 0 Å². The minimum atomic E-state index is -2.57. The van der Waals surface area contributed by atoms with Crippen LogP contribution < -0.4 is 0 Å². The van der Waals surface area contributed by atoms with Crippen molar-refractivity contribution in [1.82, 2.24) is 0 Å². The average Bonchev–Trinajstić information content (AvgIpc) is 2.19. The smallest absolute Gasteiger partial charge is 0.456 e. The molecule has 1 unspecified atom stereocenters. The van der Waals surface area contributed by atoms with Crippen LogP contribution in [0.1, 0.15) is 6.92 Å². The molecular formula is C9H25O4Si3. The zero-order chi connectivity index (χ0) is 13.0. The minimum Gasteiger partial charge on any atom is -0.456 e. The summed E-state index contributed by atoms with van der Waals surface area (Å²) < 4.78 is 22.7. The summed E-state index contributed by atoms with van der Waals surface area (Å²) in [6, 6.07) is 0. The van der Waals surface area contributed by atoms with Gasteiger partial charge in [-0.05, 0) is 26.2 Å². The van der Waals surface area contributed by atoms with Crippen LogP contribution in [0.25, 0.3) is 0 Å². The standard InChI is InChI=1S/C9H25O4Si3/c1-9(15(7,8)13-14(5)6)16(10-2,11-3)12-4/h9H,1-8H3. The second-order valence-electron chi connectivity index (χ2n) is 4.55. The van der Waals surface area contributed by atoms with Crippen LogP contribution in [0.3, 0.4) is 0 Å². The zero-order valence-electron chi connectivity index (χ0n) is 11.7. The van der Waals surface area contributed by atoms with Crippen molar-refractivity contribution in [2.24, 2.45) is 0 Å². The fourth-order valence-electron chi connectivity index (χ4n) is 1.82. The summed E-state index contributed by atoms with van der Waals surface area (Å²) in [6.45, 7) is 10.8. The van der Waals surface area contributed by atoms with E-state index in [2.05, 4.69) is 33.1 Å². The summed E-state index contributed by atoms with van der Waals surface area (Å²) in [5, 5.41) is 0.222. The van der Waals surface area contributed by atoms with Crippen LogP contribution in [0, 0.1) is 0 Å². The lowest BCUT2D eigenvalue weighted by Crippen LogP contribution is -2.57. The first-order chi connectivity index (χ1) is 7.25. The van der Waals surface area contributed by atoms with Crippen molar-refractivity contribution >= 4 is 26.2 Å². The predicted octanol–water partition coefficient (Wildman–Crippen LogP) is 2.27. The van der Waals surface area contributed by atoms with E-state index in [1.165, 1.54) is 0 Å². The van der Waals surface area contributed by atoms with Crippen LogP contribution in [0.2, 0.25) is 31.4 Å². The summed E-state index contributed by atoms with van der Waals surface area (Å²) >= 11 is 0. The molecule has 0 aromatic heterocycles. The van der Waals surface area contributed by atoms with Gasteiger partial charge in [0, 0.05) is 26.5 Å². The van der Waals surface area contributed by atoms with Crippen LogP contribution >= 0.6 is 0 Å². The molecule has 0 aromatic carbocycles. The fourth-order valence-corrected chi connectivity index (χ4v) is 13.3. The Morgan fingerprint density at radius 2 is 1.31 bits per heavy atom. The maximum Gasteiger partial charge on any atom is 0.502 e. The number of rotatable bonds is 7. The Labute approximate surface area is 103 Å². The van der Waals surface area contributed by atoms with Gasteiger partial charge in [0.05, 0.1) is 0 Å². The topological polar surface area (TPSA) is 36.9 Å². The fraction of sp³-hybridized carbons (Fsp3) is 1.00. The molecule has 0 aliphatic rings. The van der Waals surface area contributed by atoms with Crippen molar-refractivity contribution in [3.05, 3.63) is 0 Å². The summed E-state index contributed by atoms with van der Waals surface area (Å²) in [5.41, 5.74) is 0. The van der Waals surface area contributed by atoms with E-state index in [9.17, 15) is 0 Å². The molecule has 0 rings (SSSR count). The van der Waals surface area contributed by atoms with Gasteiger partial charge >= 0.3 is 8.80 Å². The summed E-state index contributed by atoms with van der Waals surface area (Å²) in [6.07, 6.45) is 0. The Morgan fingerprint density at radius 1 is 0.938 bits per heavy atom. The highest BCUT2D eigenvalue weighted by molar-refractivity contribution is 6.90. The first kappa shape index (κ1) is 16.5. The van der Waals surface area contributed by atoms with Gasteiger partial charge in [0.2, 0.25) is 0 Å². The highest BCUT2D eigenvalue weighted by atomic mass is 28.5. The molecule has 16 heavy (non-hydrogen) atoms. The van der Waals surface area contributed by atoms with Crippen molar-refractivity contribution in [1.29, 1.82) is 0 Å². The van der Waals surface area contributed by atoms with E-state index in [-0.39, 0.29) is 5.16 Å². The third kappa shape index (κ3) is 3.76. The molecule has 1 atom stereocenters. The molecule has 0 aliphatic carbocycles. The SMILES string of the molecule is CO[Si](OC)(OC)C(C)[Si](C)(C)O[Si](C)C. The maximum absolute atomic E-state index is 6.15. The van der Waals surface area contributed by atoms with Gasteiger partial charge in [0.15, 0.2) is 17.4 Å². The predicted molar refractivity (Wildman–Crippen MR) is 72.3 cm³/mol. The molecule has 0 fully saturated rings. The normalized spacial score (nSPS) is 15.6. The molecule has 0 N–H and O–H groups in total. The van der Waals surface area contributed by atoms with Gasteiger partial charge in [0.1, 0.15) is 0 Å². The molecule has 0 spiro atoms. The van der Waals surface area contributed by atoms with E-state index >= 15 is 0 Å². The lowest BCUT2D eigenvalue weighted by molar-refractivity contribution is 0.119. The summed E-state index contributed by atoms with van der Waals surface area (Å²) in [4.78, 5) is 0. The quantitative estimate of drug-likeness (QED) is 0.671. The first-order valence-corrected chi connectivity index (χ1v) is 12.6. The minimum absolute atomic E-state index is 0.222. The Hall–Kier alpha value is 0.491. The van der Waals surface area contributed by atoms with Crippen LogP contribution in [0.4, 0.5) is 0 Å². The van der Waals surface area contributed by atoms with Gasteiger partial charge in [-0.2, -0.15) is 0 Å². The largest absolute Gasteiger partial charge is 0.502 e. The second kappa shape index (κ2) is 6.43. The van der Waals surface area contributed by atoms with Crippen LogP contribution in [-0.2, 0) is 17.4 Å². The van der Waals surface area contributed by atoms with Gasteiger partial charge in [-0.15, -0.1) is 0 Å². The van der Waals surface area contributed by atoms with E-state index < -0.39 is 26.2 Å². The molecule has 0 aromatic rings. The molecular weight excluding hydrogens is 256 g/mol. The Morgan fingerprint density at radius 3 is 1.56 bits per heavy atom. The van der Waals surface area contributed by atoms with Gasteiger partial charge in [0.25, 0.3) is 0 Å². The van der Waals surface area contributed by atoms with Crippen molar-refractivity contribution in [2.75, 3.05) is 21.3 Å². The van der Waals surface area contributed by atoms with Gasteiger partial charge < -0.3 is 17.4 Å². The van der Waals surface area contributed by atoms with Gasteiger partial charge in [-0.3, -0.25) is 0 Å². The van der Waals surface area contributed by atoms with E-state index in [1.807, 2.05) is 0 Å². The Kier molecular flexibility index (Phi) is 6.63. The third-order valence-corrected chi connectivity index (χ3v) is 14.6. The molecule has 0 aliphatic heterocycles. The summed E-state index contributed by atoms with van der Waals surface area (Å²) in [7, 11) is -0.139. The van der Waals surface area contributed by atoms with Crippen molar-refractivity contribution < 1.29 is 17.4 Å². The molecule has 1 radical (unpaired) electrons. The molecule has 97 valence electrons. The molecule has 0 saturated carbocycles. The molecule has 0 heterocycles. The van der Waals surface area contributed by atoms with E-state index in [0.29, 0.717) is 0 Å². The van der Waals surface area contributed by atoms with Crippen molar-refractivity contribution in [3.8, 4) is 0 Å². The lowest BCUT2D eigenvalue weighted by atomic mass is 10.9. The van der Waals surface area contributed by atoms with E-state index in [0.717, 1.165) is 0 Å². The Balaban J connectivity index is 4.91. The van der Waals surface area contributed by atoms with Crippen molar-refractivity contribution in [2.45, 2.75) is 38.3 Å². The van der Waals surface area contributed by atoms with Crippen molar-refractivity contribution in [3.63, 3.8) is 0 Å².